The normalized spacial score (nSPS) is 20.9. The molecule has 0 aliphatic carbocycles. The van der Waals surface area contributed by atoms with Crippen LogP contribution < -0.4 is 4.72 Å². The summed E-state index contributed by atoms with van der Waals surface area (Å²) in [4.78, 5) is 13.0. The zero-order chi connectivity index (χ0) is 14.8. The van der Waals surface area contributed by atoms with E-state index in [1.165, 1.54) is 11.4 Å². The van der Waals surface area contributed by atoms with Crippen LogP contribution >= 0.6 is 11.3 Å². The highest BCUT2D eigenvalue weighted by molar-refractivity contribution is 7.91. The van der Waals surface area contributed by atoms with Crippen LogP contribution in [0.15, 0.2) is 15.7 Å². The molecule has 8 heteroatoms. The molecule has 0 radical (unpaired) electrons. The maximum atomic E-state index is 12.1. The number of carbonyl (C=O) groups is 1. The van der Waals surface area contributed by atoms with Crippen LogP contribution in [0.25, 0.3) is 0 Å². The van der Waals surface area contributed by atoms with Gasteiger partial charge in [-0.15, -0.1) is 11.3 Å². The van der Waals surface area contributed by atoms with Crippen LogP contribution in [0.1, 0.15) is 23.2 Å². The summed E-state index contributed by atoms with van der Waals surface area (Å²) in [6.45, 7) is 2.33. The van der Waals surface area contributed by atoms with Crippen LogP contribution in [0.4, 0.5) is 0 Å². The minimum Gasteiger partial charge on any atom is -0.478 e. The van der Waals surface area contributed by atoms with Gasteiger partial charge in [-0.25, -0.2) is 17.9 Å². The number of hydrogen-bond acceptors (Lipinski definition) is 5. The molecule has 0 spiro atoms. The molecular weight excluding hydrogens is 300 g/mol. The van der Waals surface area contributed by atoms with Gasteiger partial charge in [0.05, 0.1) is 5.56 Å². The number of nitrogens with zero attached hydrogens (tertiary/aromatic N) is 1. The molecule has 1 aromatic rings. The summed E-state index contributed by atoms with van der Waals surface area (Å²) >= 11 is 0.930. The molecule has 2 rings (SSSR count). The van der Waals surface area contributed by atoms with E-state index in [0.717, 1.165) is 37.3 Å². The monoisotopic (exact) mass is 318 g/mol. The van der Waals surface area contributed by atoms with E-state index in [1.54, 1.807) is 0 Å². The highest BCUT2D eigenvalue weighted by Gasteiger charge is 2.22. The van der Waals surface area contributed by atoms with Gasteiger partial charge in [0.1, 0.15) is 4.21 Å². The SMILES string of the molecule is CN1CCCC(CNS(=O)(=O)c2cc(C(=O)O)cs2)C1. The van der Waals surface area contributed by atoms with E-state index in [9.17, 15) is 13.2 Å². The van der Waals surface area contributed by atoms with E-state index in [2.05, 4.69) is 9.62 Å². The van der Waals surface area contributed by atoms with Crippen molar-refractivity contribution >= 4 is 27.3 Å². The van der Waals surface area contributed by atoms with E-state index in [-0.39, 0.29) is 9.77 Å². The predicted octanol–water partition coefficient (Wildman–Crippen LogP) is 1.07. The smallest absolute Gasteiger partial charge is 0.336 e. The van der Waals surface area contributed by atoms with Crippen LogP contribution in [0.2, 0.25) is 0 Å². The molecule has 0 saturated carbocycles. The second kappa shape index (κ2) is 6.21. The van der Waals surface area contributed by atoms with Gasteiger partial charge >= 0.3 is 5.97 Å². The lowest BCUT2D eigenvalue weighted by atomic mass is 9.99. The number of likely N-dealkylation sites (tertiary alicyclic amines) is 1. The molecule has 1 atom stereocenters. The average Bonchev–Trinajstić information content (AvgIpc) is 2.87. The van der Waals surface area contributed by atoms with Gasteiger partial charge in [-0.1, -0.05) is 0 Å². The molecule has 112 valence electrons. The number of sulfonamides is 1. The number of hydrogen-bond donors (Lipinski definition) is 2. The Kier molecular flexibility index (Phi) is 4.79. The van der Waals surface area contributed by atoms with Gasteiger partial charge < -0.3 is 10.0 Å². The van der Waals surface area contributed by atoms with Crippen molar-refractivity contribution in [2.24, 2.45) is 5.92 Å². The lowest BCUT2D eigenvalue weighted by molar-refractivity contribution is 0.0697. The first-order valence-electron chi connectivity index (χ1n) is 6.38. The zero-order valence-corrected chi connectivity index (χ0v) is 12.8. The van der Waals surface area contributed by atoms with Gasteiger partial charge in [0.25, 0.3) is 0 Å². The number of piperidine rings is 1. The standard InChI is InChI=1S/C12H18N2O4S2/c1-14-4-2-3-9(7-14)6-13-20(17,18)11-5-10(8-19-11)12(15)16/h5,8-9,13H,2-4,6-7H2,1H3,(H,15,16). The highest BCUT2D eigenvalue weighted by Crippen LogP contribution is 2.21. The van der Waals surface area contributed by atoms with Gasteiger partial charge in [-0.05, 0) is 38.4 Å². The Morgan fingerprint density at radius 1 is 1.60 bits per heavy atom. The second-order valence-electron chi connectivity index (χ2n) is 5.08. The number of carboxylic acids is 1. The van der Waals surface area contributed by atoms with Gasteiger partial charge in [0.2, 0.25) is 10.0 Å². The van der Waals surface area contributed by atoms with Crippen LogP contribution in [-0.4, -0.2) is 51.1 Å². The second-order valence-corrected chi connectivity index (χ2v) is 7.99. The summed E-state index contributed by atoms with van der Waals surface area (Å²) in [6.07, 6.45) is 2.09. The van der Waals surface area contributed by atoms with Crippen molar-refractivity contribution in [3.05, 3.63) is 17.0 Å². The van der Waals surface area contributed by atoms with Gasteiger partial charge in [-0.2, -0.15) is 0 Å². The summed E-state index contributed by atoms with van der Waals surface area (Å²) < 4.78 is 26.8. The van der Waals surface area contributed by atoms with Crippen LogP contribution in [-0.2, 0) is 10.0 Å². The first-order valence-corrected chi connectivity index (χ1v) is 8.75. The van der Waals surface area contributed by atoms with E-state index >= 15 is 0 Å². The summed E-state index contributed by atoms with van der Waals surface area (Å²) in [5.74, 6) is -0.806. The molecule has 0 bridgehead atoms. The molecule has 1 aliphatic heterocycles. The Morgan fingerprint density at radius 3 is 2.95 bits per heavy atom. The third-order valence-electron chi connectivity index (χ3n) is 3.37. The lowest BCUT2D eigenvalue weighted by Crippen LogP contribution is -2.38. The highest BCUT2D eigenvalue weighted by atomic mass is 32.2. The van der Waals surface area contributed by atoms with Crippen molar-refractivity contribution in [1.29, 1.82) is 0 Å². The quantitative estimate of drug-likeness (QED) is 0.848. The fourth-order valence-corrected chi connectivity index (χ4v) is 4.62. The molecule has 0 aromatic carbocycles. The zero-order valence-electron chi connectivity index (χ0n) is 11.2. The first-order chi connectivity index (χ1) is 9.38. The summed E-state index contributed by atoms with van der Waals surface area (Å²) in [7, 11) is -1.58. The summed E-state index contributed by atoms with van der Waals surface area (Å²) in [5.41, 5.74) is 0.00720. The Labute approximate surface area is 122 Å². The first kappa shape index (κ1) is 15.4. The molecule has 1 saturated heterocycles. The Morgan fingerprint density at radius 2 is 2.35 bits per heavy atom. The van der Waals surface area contributed by atoms with Crippen molar-refractivity contribution < 1.29 is 18.3 Å². The van der Waals surface area contributed by atoms with Gasteiger partial charge in [0, 0.05) is 18.5 Å². The number of nitrogens with one attached hydrogen (secondary N) is 1. The molecule has 1 aromatic heterocycles. The molecule has 2 N–H and O–H groups in total. The van der Waals surface area contributed by atoms with E-state index in [4.69, 9.17) is 5.11 Å². The average molecular weight is 318 g/mol. The fraction of sp³-hybridized carbons (Fsp3) is 0.583. The summed E-state index contributed by atoms with van der Waals surface area (Å²) in [6, 6.07) is 1.20. The van der Waals surface area contributed by atoms with Crippen LogP contribution in [0.3, 0.4) is 0 Å². The van der Waals surface area contributed by atoms with Crippen molar-refractivity contribution in [1.82, 2.24) is 9.62 Å². The van der Waals surface area contributed by atoms with Crippen LogP contribution in [0, 0.1) is 5.92 Å². The maximum Gasteiger partial charge on any atom is 0.336 e. The third kappa shape index (κ3) is 3.78. The van der Waals surface area contributed by atoms with E-state index in [0.29, 0.717) is 12.5 Å². The molecule has 20 heavy (non-hydrogen) atoms. The van der Waals surface area contributed by atoms with Crippen molar-refractivity contribution in [2.45, 2.75) is 17.1 Å². The molecule has 6 nitrogen and oxygen atoms in total. The Bertz CT molecular complexity index is 582. The van der Waals surface area contributed by atoms with E-state index < -0.39 is 16.0 Å². The number of carboxylic acid groups (broad SMARTS) is 1. The lowest BCUT2D eigenvalue weighted by Gasteiger charge is -2.29. The minimum atomic E-state index is -3.60. The number of aromatic carboxylic acids is 1. The van der Waals surface area contributed by atoms with Crippen molar-refractivity contribution in [2.75, 3.05) is 26.7 Å². The molecule has 1 unspecified atom stereocenters. The van der Waals surface area contributed by atoms with Crippen molar-refractivity contribution in [3.8, 4) is 0 Å². The molecular formula is C12H18N2O4S2. The largest absolute Gasteiger partial charge is 0.478 e. The molecule has 1 aliphatic rings. The van der Waals surface area contributed by atoms with Gasteiger partial charge in [0.15, 0.2) is 0 Å². The fourth-order valence-electron chi connectivity index (χ4n) is 2.31. The van der Waals surface area contributed by atoms with Crippen molar-refractivity contribution in [3.63, 3.8) is 0 Å². The molecule has 0 amide bonds. The Balaban J connectivity index is 1.98. The van der Waals surface area contributed by atoms with Gasteiger partial charge in [-0.3, -0.25) is 0 Å². The minimum absolute atomic E-state index is 0.00720. The molecule has 2 heterocycles. The summed E-state index contributed by atoms with van der Waals surface area (Å²) in [5, 5.41) is 10.2. The third-order valence-corrected chi connectivity index (χ3v) is 6.23. The number of rotatable bonds is 5. The maximum absolute atomic E-state index is 12.1. The molecule has 1 fully saturated rings. The predicted molar refractivity (Wildman–Crippen MR) is 76.7 cm³/mol. The van der Waals surface area contributed by atoms with Crippen LogP contribution in [0.5, 0.6) is 0 Å². The van der Waals surface area contributed by atoms with E-state index in [1.807, 2.05) is 7.05 Å². The number of thiophene rings is 1. The Hall–Kier alpha value is -0.960. The topological polar surface area (TPSA) is 86.7 Å².